The Morgan fingerprint density at radius 2 is 1.65 bits per heavy atom. The van der Waals surface area contributed by atoms with Crippen molar-refractivity contribution < 1.29 is 19.1 Å². The Morgan fingerprint density at radius 3 is 2.22 bits per heavy atom. The molecule has 0 unspecified atom stereocenters. The van der Waals surface area contributed by atoms with Gasteiger partial charge >= 0.3 is 0 Å². The number of hydrogen-bond acceptors (Lipinski definition) is 4. The van der Waals surface area contributed by atoms with Gasteiger partial charge in [0.1, 0.15) is 5.78 Å². The smallest absolute Gasteiger partial charge is 0.174 e. The minimum absolute atomic E-state index is 0.145. The van der Waals surface area contributed by atoms with Gasteiger partial charge in [-0.05, 0) is 36.6 Å². The number of hydrogen-bond donors (Lipinski definition) is 0. The topological polar surface area (TPSA) is 52.6 Å². The molecule has 0 aliphatic rings. The number of ether oxygens (including phenoxy) is 2. The third-order valence-corrected chi connectivity index (χ3v) is 3.50. The van der Waals surface area contributed by atoms with E-state index < -0.39 is 0 Å². The van der Waals surface area contributed by atoms with Crippen LogP contribution in [-0.4, -0.2) is 25.8 Å². The van der Waals surface area contributed by atoms with Crippen LogP contribution < -0.4 is 9.47 Å². The van der Waals surface area contributed by atoms with Crippen molar-refractivity contribution in [1.29, 1.82) is 0 Å². The van der Waals surface area contributed by atoms with Crippen LogP contribution in [-0.2, 0) is 11.2 Å². The Balaban J connectivity index is 2.44. The van der Waals surface area contributed by atoms with E-state index in [1.165, 1.54) is 21.1 Å². The normalized spacial score (nSPS) is 10.2. The predicted octanol–water partition coefficient (Wildman–Crippen LogP) is 3.46. The molecule has 120 valence electrons. The lowest BCUT2D eigenvalue weighted by Gasteiger charge is -2.14. The fourth-order valence-electron chi connectivity index (χ4n) is 2.48. The highest BCUT2D eigenvalue weighted by molar-refractivity contribution is 6.09. The van der Waals surface area contributed by atoms with Crippen LogP contribution in [0.5, 0.6) is 11.5 Å². The van der Waals surface area contributed by atoms with Crippen LogP contribution in [0.2, 0.25) is 0 Å². The highest BCUT2D eigenvalue weighted by atomic mass is 16.5. The predicted molar refractivity (Wildman–Crippen MR) is 88.4 cm³/mol. The van der Waals surface area contributed by atoms with Crippen LogP contribution in [0.4, 0.5) is 0 Å². The zero-order chi connectivity index (χ0) is 16.8. The summed E-state index contributed by atoms with van der Waals surface area (Å²) in [6.07, 6.45) is 0.524. The average Bonchev–Trinajstić information content (AvgIpc) is 2.54. The van der Waals surface area contributed by atoms with Crippen LogP contribution in [0.25, 0.3) is 0 Å². The minimum Gasteiger partial charge on any atom is -0.493 e. The van der Waals surface area contributed by atoms with Gasteiger partial charge in [0.2, 0.25) is 0 Å². The molecular formula is C19H20O4. The Morgan fingerprint density at radius 1 is 0.957 bits per heavy atom. The van der Waals surface area contributed by atoms with Crippen LogP contribution in [0, 0.1) is 0 Å². The monoisotopic (exact) mass is 312 g/mol. The van der Waals surface area contributed by atoms with Gasteiger partial charge in [-0.15, -0.1) is 0 Å². The highest BCUT2D eigenvalue weighted by Gasteiger charge is 2.19. The summed E-state index contributed by atoms with van der Waals surface area (Å²) in [6, 6.07) is 13.6. The van der Waals surface area contributed by atoms with E-state index in [2.05, 4.69) is 0 Å². The molecule has 0 fully saturated rings. The van der Waals surface area contributed by atoms with E-state index in [1.54, 1.807) is 6.07 Å². The molecule has 0 radical (unpaired) electrons. The molecule has 2 aromatic rings. The molecule has 23 heavy (non-hydrogen) atoms. The van der Waals surface area contributed by atoms with Gasteiger partial charge in [0.05, 0.1) is 26.2 Å². The lowest BCUT2D eigenvalue weighted by molar-refractivity contribution is -0.116. The zero-order valence-corrected chi connectivity index (χ0v) is 13.6. The molecule has 0 saturated heterocycles. The summed E-state index contributed by atoms with van der Waals surface area (Å²) in [7, 11) is 3.02. The fourth-order valence-corrected chi connectivity index (χ4v) is 2.48. The third kappa shape index (κ3) is 4.19. The molecule has 4 heteroatoms. The Bertz CT molecular complexity index is 705. The van der Waals surface area contributed by atoms with Gasteiger partial charge < -0.3 is 9.47 Å². The van der Waals surface area contributed by atoms with Crippen molar-refractivity contribution in [2.75, 3.05) is 14.2 Å². The van der Waals surface area contributed by atoms with E-state index in [1.807, 2.05) is 36.4 Å². The fraction of sp³-hybridized carbons (Fsp3) is 0.263. The van der Waals surface area contributed by atoms with Gasteiger partial charge in [0, 0.05) is 0 Å². The van der Waals surface area contributed by atoms with Crippen molar-refractivity contribution in [2.24, 2.45) is 0 Å². The van der Waals surface area contributed by atoms with Gasteiger partial charge in [-0.2, -0.15) is 0 Å². The molecule has 0 aromatic heterocycles. The first-order valence-corrected chi connectivity index (χ1v) is 7.36. The maximum Gasteiger partial charge on any atom is 0.174 e. The van der Waals surface area contributed by atoms with E-state index in [0.717, 1.165) is 11.1 Å². The summed E-state index contributed by atoms with van der Waals surface area (Å²) in [6.45, 7) is 1.40. The van der Waals surface area contributed by atoms with E-state index in [4.69, 9.17) is 9.47 Å². The Kier molecular flexibility index (Phi) is 5.52. The number of carbonyl (C=O) groups excluding carboxylic acids is 2. The molecule has 2 aromatic carbocycles. The van der Waals surface area contributed by atoms with Gasteiger partial charge in [-0.1, -0.05) is 30.3 Å². The number of rotatable bonds is 7. The lowest BCUT2D eigenvalue weighted by Crippen LogP contribution is -2.09. The van der Waals surface area contributed by atoms with Crippen molar-refractivity contribution in [3.8, 4) is 11.5 Å². The zero-order valence-electron chi connectivity index (χ0n) is 13.6. The number of ketones is 2. The van der Waals surface area contributed by atoms with Crippen LogP contribution in [0.1, 0.15) is 34.8 Å². The van der Waals surface area contributed by atoms with Gasteiger partial charge in [-0.3, -0.25) is 9.59 Å². The van der Waals surface area contributed by atoms with Crippen molar-refractivity contribution in [3.05, 3.63) is 59.2 Å². The molecule has 0 N–H and O–H groups in total. The minimum atomic E-state index is -0.262. The SMILES string of the molecule is COc1cc(Cc2ccccc2)cc(C(=O)CC(C)=O)c1OC. The maximum atomic E-state index is 12.4. The molecule has 0 spiro atoms. The number of Topliss-reactive ketones (excluding diaryl/α,β-unsaturated/α-hetero) is 2. The summed E-state index contributed by atoms with van der Waals surface area (Å²) < 4.78 is 10.7. The summed E-state index contributed by atoms with van der Waals surface area (Å²) in [5.41, 5.74) is 2.44. The largest absolute Gasteiger partial charge is 0.493 e. The van der Waals surface area contributed by atoms with Crippen molar-refractivity contribution in [2.45, 2.75) is 19.8 Å². The summed E-state index contributed by atoms with van der Waals surface area (Å²) in [5, 5.41) is 0. The van der Waals surface area contributed by atoms with E-state index in [0.29, 0.717) is 23.5 Å². The molecule has 4 nitrogen and oxygen atoms in total. The molecule has 0 aliphatic carbocycles. The van der Waals surface area contributed by atoms with Crippen LogP contribution in [0.15, 0.2) is 42.5 Å². The number of methoxy groups -OCH3 is 2. The standard InChI is InChI=1S/C19H20O4/c1-13(20)9-17(21)16-11-15(10-14-7-5-4-6-8-14)12-18(22-2)19(16)23-3/h4-8,11-12H,9-10H2,1-3H3. The van der Waals surface area contributed by atoms with Gasteiger partial charge in [0.15, 0.2) is 17.3 Å². The van der Waals surface area contributed by atoms with Gasteiger partial charge in [-0.25, -0.2) is 0 Å². The van der Waals surface area contributed by atoms with Crippen LogP contribution >= 0.6 is 0 Å². The second kappa shape index (κ2) is 7.58. The summed E-state index contributed by atoms with van der Waals surface area (Å²) >= 11 is 0. The maximum absolute atomic E-state index is 12.4. The van der Waals surface area contributed by atoms with E-state index in [9.17, 15) is 9.59 Å². The summed E-state index contributed by atoms with van der Waals surface area (Å²) in [4.78, 5) is 23.6. The van der Waals surface area contributed by atoms with Crippen molar-refractivity contribution >= 4 is 11.6 Å². The van der Waals surface area contributed by atoms with E-state index in [-0.39, 0.29) is 18.0 Å². The van der Waals surface area contributed by atoms with Crippen LogP contribution in [0.3, 0.4) is 0 Å². The summed E-state index contributed by atoms with van der Waals surface area (Å²) in [5.74, 6) is 0.426. The Hall–Kier alpha value is -2.62. The first-order valence-electron chi connectivity index (χ1n) is 7.36. The first-order chi connectivity index (χ1) is 11.0. The van der Waals surface area contributed by atoms with Crippen molar-refractivity contribution in [3.63, 3.8) is 0 Å². The number of carbonyl (C=O) groups is 2. The third-order valence-electron chi connectivity index (χ3n) is 3.50. The molecule has 0 atom stereocenters. The first kappa shape index (κ1) is 16.7. The molecule has 0 heterocycles. The van der Waals surface area contributed by atoms with E-state index >= 15 is 0 Å². The van der Waals surface area contributed by atoms with Crippen molar-refractivity contribution in [1.82, 2.24) is 0 Å². The molecule has 0 aliphatic heterocycles. The second-order valence-corrected chi connectivity index (χ2v) is 5.34. The molecule has 0 saturated carbocycles. The average molecular weight is 312 g/mol. The second-order valence-electron chi connectivity index (χ2n) is 5.34. The Labute approximate surface area is 136 Å². The molecule has 0 amide bonds. The molecular weight excluding hydrogens is 292 g/mol. The van der Waals surface area contributed by atoms with Gasteiger partial charge in [0.25, 0.3) is 0 Å². The molecule has 2 rings (SSSR count). The number of benzene rings is 2. The molecule has 0 bridgehead atoms. The highest BCUT2D eigenvalue weighted by Crippen LogP contribution is 2.34. The lowest BCUT2D eigenvalue weighted by atomic mass is 9.98. The quantitative estimate of drug-likeness (QED) is 0.580.